The van der Waals surface area contributed by atoms with Crippen molar-refractivity contribution in [1.82, 2.24) is 9.88 Å². The Balaban J connectivity index is 2.69. The van der Waals surface area contributed by atoms with Crippen molar-refractivity contribution in [2.24, 2.45) is 5.92 Å². The van der Waals surface area contributed by atoms with E-state index in [9.17, 15) is 24.5 Å². The number of aromatic nitrogens is 1. The smallest absolute Gasteiger partial charge is 0.308 e. The predicted octanol–water partition coefficient (Wildman–Crippen LogP) is 0.374. The molecule has 0 radical (unpaired) electrons. The van der Waals surface area contributed by atoms with Crippen molar-refractivity contribution in [3.8, 4) is 0 Å². The van der Waals surface area contributed by atoms with Crippen LogP contribution in [0.4, 0.5) is 5.69 Å². The zero-order valence-electron chi connectivity index (χ0n) is 12.0. The molecule has 0 aliphatic carbocycles. The van der Waals surface area contributed by atoms with Crippen LogP contribution in [0.15, 0.2) is 23.1 Å². The van der Waals surface area contributed by atoms with Crippen LogP contribution < -0.4 is 10.9 Å². The van der Waals surface area contributed by atoms with Crippen LogP contribution in [0.3, 0.4) is 0 Å². The zero-order valence-corrected chi connectivity index (χ0v) is 12.0. The number of carboxylic acid groups (broad SMARTS) is 1. The summed E-state index contributed by atoms with van der Waals surface area (Å²) >= 11 is 0. The third-order valence-electron chi connectivity index (χ3n) is 3.02. The van der Waals surface area contributed by atoms with Crippen LogP contribution in [0.25, 0.3) is 0 Å². The van der Waals surface area contributed by atoms with Gasteiger partial charge in [-0.15, -0.1) is 0 Å². The molecule has 1 unspecified atom stereocenters. The Kier molecular flexibility index (Phi) is 6.24. The van der Waals surface area contributed by atoms with E-state index < -0.39 is 34.8 Å². The SMILES string of the molecule is CCCC(CNC(=O)Cn1cc([N+](=O)[O-])ccc1=O)C(=O)O. The average Bonchev–Trinajstić information content (AvgIpc) is 2.45. The lowest BCUT2D eigenvalue weighted by molar-refractivity contribution is -0.385. The molecule has 22 heavy (non-hydrogen) atoms. The Morgan fingerprint density at radius 2 is 2.14 bits per heavy atom. The molecule has 1 rings (SSSR count). The van der Waals surface area contributed by atoms with E-state index in [1.807, 2.05) is 6.92 Å². The lowest BCUT2D eigenvalue weighted by Gasteiger charge is -2.12. The molecule has 1 aromatic heterocycles. The normalized spacial score (nSPS) is 11.7. The van der Waals surface area contributed by atoms with E-state index in [-0.39, 0.29) is 12.2 Å². The summed E-state index contributed by atoms with van der Waals surface area (Å²) in [6.07, 6.45) is 2.06. The van der Waals surface area contributed by atoms with Gasteiger partial charge in [-0.25, -0.2) is 0 Å². The number of hydrogen-bond donors (Lipinski definition) is 2. The molecule has 2 N–H and O–H groups in total. The summed E-state index contributed by atoms with van der Waals surface area (Å²) in [7, 11) is 0. The maximum Gasteiger partial charge on any atom is 0.308 e. The molecule has 0 aromatic carbocycles. The molecule has 0 bridgehead atoms. The first-order valence-corrected chi connectivity index (χ1v) is 6.69. The average molecular weight is 311 g/mol. The van der Waals surface area contributed by atoms with Crippen LogP contribution in [0.2, 0.25) is 0 Å². The number of nitrogens with one attached hydrogen (secondary N) is 1. The van der Waals surface area contributed by atoms with Crippen LogP contribution in [0.1, 0.15) is 19.8 Å². The van der Waals surface area contributed by atoms with Gasteiger partial charge in [0.1, 0.15) is 6.54 Å². The summed E-state index contributed by atoms with van der Waals surface area (Å²) in [6, 6.07) is 2.06. The summed E-state index contributed by atoms with van der Waals surface area (Å²) < 4.78 is 0.906. The highest BCUT2D eigenvalue weighted by Crippen LogP contribution is 2.07. The Morgan fingerprint density at radius 3 is 2.68 bits per heavy atom. The second-order valence-corrected chi connectivity index (χ2v) is 4.74. The van der Waals surface area contributed by atoms with Crippen molar-refractivity contribution in [3.05, 3.63) is 38.8 Å². The lowest BCUT2D eigenvalue weighted by Crippen LogP contribution is -2.36. The summed E-state index contributed by atoms with van der Waals surface area (Å²) in [5.41, 5.74) is -0.856. The Morgan fingerprint density at radius 1 is 1.45 bits per heavy atom. The van der Waals surface area contributed by atoms with Gasteiger partial charge in [-0.3, -0.25) is 29.1 Å². The van der Waals surface area contributed by atoms with Crippen molar-refractivity contribution in [3.63, 3.8) is 0 Å². The number of aliphatic carboxylic acids is 1. The molecule has 1 amide bonds. The summed E-state index contributed by atoms with van der Waals surface area (Å²) in [5.74, 6) is -2.28. The first-order valence-electron chi connectivity index (χ1n) is 6.69. The van der Waals surface area contributed by atoms with Gasteiger partial charge in [0.05, 0.1) is 17.0 Å². The molecule has 1 atom stereocenters. The fraction of sp³-hybridized carbons (Fsp3) is 0.462. The number of amides is 1. The monoisotopic (exact) mass is 311 g/mol. The quantitative estimate of drug-likeness (QED) is 0.526. The van der Waals surface area contributed by atoms with Gasteiger partial charge in [0.2, 0.25) is 5.91 Å². The van der Waals surface area contributed by atoms with E-state index >= 15 is 0 Å². The molecule has 9 heteroatoms. The second-order valence-electron chi connectivity index (χ2n) is 4.74. The highest BCUT2D eigenvalue weighted by molar-refractivity contribution is 5.77. The maximum atomic E-state index is 11.7. The van der Waals surface area contributed by atoms with Crippen LogP contribution in [0, 0.1) is 16.0 Å². The molecule has 0 saturated carbocycles. The minimum atomic E-state index is -1.00. The van der Waals surface area contributed by atoms with E-state index in [0.29, 0.717) is 12.8 Å². The molecular weight excluding hydrogens is 294 g/mol. The first-order chi connectivity index (χ1) is 10.3. The molecule has 0 fully saturated rings. The molecule has 120 valence electrons. The number of rotatable bonds is 8. The minimum absolute atomic E-state index is 0.0499. The van der Waals surface area contributed by atoms with Gasteiger partial charge >= 0.3 is 5.97 Å². The van der Waals surface area contributed by atoms with Crippen LogP contribution in [-0.4, -0.2) is 33.0 Å². The molecule has 0 aliphatic rings. The Bertz CT molecular complexity index is 624. The third-order valence-corrected chi connectivity index (χ3v) is 3.02. The zero-order chi connectivity index (χ0) is 16.7. The van der Waals surface area contributed by atoms with Crippen LogP contribution >= 0.6 is 0 Å². The Hall–Kier alpha value is -2.71. The number of nitro groups is 1. The standard InChI is InChI=1S/C13H17N3O6/c1-2-3-9(13(19)20)6-14-11(17)8-15-7-10(16(21)22)4-5-12(15)18/h4-5,7,9H,2-3,6,8H2,1H3,(H,14,17)(H,19,20). The second kappa shape index (κ2) is 7.91. The fourth-order valence-electron chi connectivity index (χ4n) is 1.86. The van der Waals surface area contributed by atoms with E-state index in [0.717, 1.165) is 22.9 Å². The van der Waals surface area contributed by atoms with E-state index in [4.69, 9.17) is 5.11 Å². The van der Waals surface area contributed by atoms with Crippen LogP contribution in [0.5, 0.6) is 0 Å². The number of carbonyl (C=O) groups is 2. The van der Waals surface area contributed by atoms with Crippen molar-refractivity contribution in [2.75, 3.05) is 6.54 Å². The minimum Gasteiger partial charge on any atom is -0.481 e. The summed E-state index contributed by atoms with van der Waals surface area (Å²) in [5, 5.41) is 22.0. The molecular formula is C13H17N3O6. The number of carboxylic acids is 1. The largest absolute Gasteiger partial charge is 0.481 e. The van der Waals surface area contributed by atoms with Crippen molar-refractivity contribution in [2.45, 2.75) is 26.3 Å². The van der Waals surface area contributed by atoms with Gasteiger partial charge in [0.15, 0.2) is 0 Å². The number of pyridine rings is 1. The Labute approximate surface area is 125 Å². The first kappa shape index (κ1) is 17.3. The third kappa shape index (κ3) is 5.00. The lowest BCUT2D eigenvalue weighted by atomic mass is 10.0. The van der Waals surface area contributed by atoms with Crippen molar-refractivity contribution < 1.29 is 19.6 Å². The number of nitrogens with zero attached hydrogens (tertiary/aromatic N) is 2. The predicted molar refractivity (Wildman–Crippen MR) is 76.4 cm³/mol. The number of hydrogen-bond acceptors (Lipinski definition) is 5. The number of carbonyl (C=O) groups excluding carboxylic acids is 1. The summed E-state index contributed by atoms with van der Waals surface area (Å²) in [4.78, 5) is 44.2. The van der Waals surface area contributed by atoms with Gasteiger partial charge < -0.3 is 10.4 Å². The van der Waals surface area contributed by atoms with Gasteiger partial charge in [-0.2, -0.15) is 0 Å². The highest BCUT2D eigenvalue weighted by Gasteiger charge is 2.17. The van der Waals surface area contributed by atoms with E-state index in [1.54, 1.807) is 0 Å². The van der Waals surface area contributed by atoms with Gasteiger partial charge in [-0.05, 0) is 6.42 Å². The van der Waals surface area contributed by atoms with Gasteiger partial charge in [0, 0.05) is 18.7 Å². The molecule has 0 saturated heterocycles. The summed E-state index contributed by atoms with van der Waals surface area (Å²) in [6.45, 7) is 1.38. The van der Waals surface area contributed by atoms with Crippen LogP contribution in [-0.2, 0) is 16.1 Å². The molecule has 1 heterocycles. The molecule has 9 nitrogen and oxygen atoms in total. The maximum absolute atomic E-state index is 11.7. The van der Waals surface area contributed by atoms with E-state index in [1.165, 1.54) is 0 Å². The van der Waals surface area contributed by atoms with Gasteiger partial charge in [-0.1, -0.05) is 13.3 Å². The topological polar surface area (TPSA) is 132 Å². The van der Waals surface area contributed by atoms with Crippen molar-refractivity contribution in [1.29, 1.82) is 0 Å². The molecule has 1 aromatic rings. The van der Waals surface area contributed by atoms with E-state index in [2.05, 4.69) is 5.32 Å². The van der Waals surface area contributed by atoms with Gasteiger partial charge in [0.25, 0.3) is 11.2 Å². The fourth-order valence-corrected chi connectivity index (χ4v) is 1.86. The van der Waals surface area contributed by atoms with Crippen molar-refractivity contribution >= 4 is 17.6 Å². The molecule has 0 aliphatic heterocycles. The molecule has 0 spiro atoms. The highest BCUT2D eigenvalue weighted by atomic mass is 16.6.